The lowest BCUT2D eigenvalue weighted by molar-refractivity contribution is 0.286. The van der Waals surface area contributed by atoms with Gasteiger partial charge in [0.05, 0.1) is 23.2 Å². The predicted molar refractivity (Wildman–Crippen MR) is 255 cm³/mol. The van der Waals surface area contributed by atoms with Gasteiger partial charge in [0, 0.05) is 56.8 Å². The number of hydrogen-bond donors (Lipinski definition) is 0. The van der Waals surface area contributed by atoms with Gasteiger partial charge in [-0.3, -0.25) is 0 Å². The van der Waals surface area contributed by atoms with Gasteiger partial charge in [0.1, 0.15) is 28.6 Å². The highest BCUT2D eigenvalue weighted by molar-refractivity contribution is 6.10. The lowest BCUT2D eigenvalue weighted by Gasteiger charge is -2.44. The summed E-state index contributed by atoms with van der Waals surface area (Å²) in [4.78, 5) is 4.57. The number of benzene rings is 8. The Kier molecular flexibility index (Phi) is 7.97. The summed E-state index contributed by atoms with van der Waals surface area (Å²) in [5.74, 6) is 3.51. The van der Waals surface area contributed by atoms with Gasteiger partial charge in [-0.2, -0.15) is 0 Å². The maximum atomic E-state index is 7.00. The molecule has 0 N–H and O–H groups in total. The van der Waals surface area contributed by atoms with Gasteiger partial charge in [0.25, 0.3) is 0 Å². The van der Waals surface area contributed by atoms with Crippen LogP contribution < -0.4 is 19.3 Å². The van der Waals surface area contributed by atoms with Gasteiger partial charge in [0.2, 0.25) is 0 Å². The summed E-state index contributed by atoms with van der Waals surface area (Å²) < 4.78 is 20.5. The second-order valence-electron chi connectivity index (χ2n) is 16.4. The maximum absolute atomic E-state index is 7.00. The van der Waals surface area contributed by atoms with Gasteiger partial charge >= 0.3 is 0 Å². The molecule has 0 spiro atoms. The Morgan fingerprint density at radius 3 is 1.52 bits per heavy atom. The average Bonchev–Trinajstić information content (AvgIpc) is 3.73. The highest BCUT2D eigenvalue weighted by atomic mass is 16.5. The minimum Gasteiger partial charge on any atom is -0.460 e. The summed E-state index contributed by atoms with van der Waals surface area (Å²) in [6.45, 7) is 0. The summed E-state index contributed by atoms with van der Waals surface area (Å²) in [5.41, 5.74) is 14.8. The smallest absolute Gasteiger partial charge is 0.159 e. The lowest BCUT2D eigenvalue weighted by Crippen LogP contribution is -2.34. The molecule has 4 aliphatic rings. The topological polar surface area (TPSA) is 38.1 Å². The molecule has 9 aromatic rings. The van der Waals surface area contributed by atoms with Crippen molar-refractivity contribution in [1.82, 2.24) is 0 Å². The van der Waals surface area contributed by atoms with E-state index in [1.807, 2.05) is 12.1 Å². The van der Waals surface area contributed by atoms with E-state index in [1.165, 1.54) is 11.1 Å². The first-order valence-electron chi connectivity index (χ1n) is 21.5. The summed E-state index contributed by atoms with van der Waals surface area (Å²) >= 11 is 0. The Balaban J connectivity index is 0.908. The van der Waals surface area contributed by atoms with Crippen molar-refractivity contribution in [2.75, 3.05) is 9.80 Å². The first-order chi connectivity index (χ1) is 31.2. The molecule has 0 radical (unpaired) electrons. The third-order valence-corrected chi connectivity index (χ3v) is 12.9. The van der Waals surface area contributed by atoms with Crippen molar-refractivity contribution in [3.63, 3.8) is 0 Å². The number of ether oxygens (including phenoxy) is 2. The van der Waals surface area contributed by atoms with Gasteiger partial charge in [-0.15, -0.1) is 0 Å². The zero-order chi connectivity index (χ0) is 41.4. The number of furan rings is 1. The fourth-order valence-corrected chi connectivity index (χ4v) is 10.1. The van der Waals surface area contributed by atoms with E-state index in [1.54, 1.807) is 0 Å². The minimum atomic E-state index is -0.00994. The Labute approximate surface area is 365 Å². The monoisotopic (exact) mass is 810 g/mol. The normalized spacial score (nSPS) is 16.6. The largest absolute Gasteiger partial charge is 0.460 e. The molecule has 8 aromatic carbocycles. The summed E-state index contributed by atoms with van der Waals surface area (Å²) in [6, 6.07) is 68.1. The predicted octanol–water partition coefficient (Wildman–Crippen LogP) is 15.5. The van der Waals surface area contributed by atoms with Gasteiger partial charge in [-0.1, -0.05) is 121 Å². The molecule has 1 aromatic heterocycles. The van der Waals surface area contributed by atoms with Crippen molar-refractivity contribution in [3.8, 4) is 22.6 Å². The van der Waals surface area contributed by atoms with Crippen LogP contribution in [0.3, 0.4) is 0 Å². The van der Waals surface area contributed by atoms with E-state index in [2.05, 4.69) is 216 Å². The van der Waals surface area contributed by atoms with Gasteiger partial charge in [-0.25, -0.2) is 0 Å². The third-order valence-electron chi connectivity index (χ3n) is 12.9. The standard InChI is InChI=1S/C58H38N2O3/c1-4-14-37(15-5-1)38-16-12-21-41(34-38)60(50-24-13-23-49-44-22-10-11-25-51(44)63-58(49)50)43-27-29-46-48-31-32-52-56-47(30-33-53(57(48)56)62-55(46)36-43)45-28-26-42(35-54(45)61-52)59(39-17-6-2-7-18-39)40-19-8-3-9-20-40/h1-36,56-57H. The Hall–Kier alpha value is -8.28. The van der Waals surface area contributed by atoms with Crippen molar-refractivity contribution in [2.45, 2.75) is 0 Å². The van der Waals surface area contributed by atoms with E-state index in [9.17, 15) is 0 Å². The van der Waals surface area contributed by atoms with Crippen molar-refractivity contribution < 1.29 is 13.9 Å². The molecule has 2 aliphatic heterocycles. The zero-order valence-electron chi connectivity index (χ0n) is 34.1. The van der Waals surface area contributed by atoms with Gasteiger partial charge < -0.3 is 23.7 Å². The number of para-hydroxylation sites is 4. The van der Waals surface area contributed by atoms with Crippen LogP contribution in [0.15, 0.2) is 234 Å². The van der Waals surface area contributed by atoms with Crippen LogP contribution in [0.4, 0.5) is 34.1 Å². The van der Waals surface area contributed by atoms with E-state index < -0.39 is 0 Å². The fourth-order valence-electron chi connectivity index (χ4n) is 10.1. The molecule has 0 fully saturated rings. The maximum Gasteiger partial charge on any atom is 0.159 e. The first-order valence-corrected chi connectivity index (χ1v) is 21.5. The second-order valence-corrected chi connectivity index (χ2v) is 16.4. The molecule has 3 heterocycles. The number of rotatable bonds is 7. The average molecular weight is 811 g/mol. The Bertz CT molecular complexity index is 3380. The molecular formula is C58H38N2O3. The van der Waals surface area contributed by atoms with Crippen molar-refractivity contribution >= 4 is 67.2 Å². The molecule has 2 unspecified atom stereocenters. The molecule has 63 heavy (non-hydrogen) atoms. The van der Waals surface area contributed by atoms with Crippen LogP contribution in [0, 0.1) is 11.8 Å². The Morgan fingerprint density at radius 1 is 0.365 bits per heavy atom. The molecule has 2 atom stereocenters. The van der Waals surface area contributed by atoms with E-state index in [-0.39, 0.29) is 11.8 Å². The highest BCUT2D eigenvalue weighted by Gasteiger charge is 2.46. The molecule has 13 rings (SSSR count). The van der Waals surface area contributed by atoms with Crippen LogP contribution in [0.5, 0.6) is 11.5 Å². The van der Waals surface area contributed by atoms with Gasteiger partial charge in [0.15, 0.2) is 5.58 Å². The number of nitrogens with zero attached hydrogens (tertiary/aromatic N) is 2. The molecule has 0 saturated heterocycles. The van der Waals surface area contributed by atoms with E-state index in [4.69, 9.17) is 13.9 Å². The van der Waals surface area contributed by atoms with E-state index in [0.717, 1.165) is 101 Å². The molecule has 0 bridgehead atoms. The summed E-state index contributed by atoms with van der Waals surface area (Å²) in [7, 11) is 0. The van der Waals surface area contributed by atoms with Gasteiger partial charge in [-0.05, 0) is 107 Å². The molecule has 298 valence electrons. The van der Waals surface area contributed by atoms with Crippen LogP contribution in [-0.2, 0) is 0 Å². The number of anilines is 6. The SMILES string of the molecule is C1=C2Oc3cc(N(c4ccccc4)c4ccccc4)ccc3C3=CC=C4Oc5cc(N(c6cccc(-c7ccccc7)c6)c6cccc7c6oc6ccccc67)ccc5C(=C1)C4C23. The molecule has 5 heteroatoms. The second kappa shape index (κ2) is 14.2. The van der Waals surface area contributed by atoms with E-state index >= 15 is 0 Å². The number of allylic oxidation sites excluding steroid dienone is 6. The molecule has 0 saturated carbocycles. The molecule has 0 amide bonds. The molecular weight excluding hydrogens is 773 g/mol. The van der Waals surface area contributed by atoms with Crippen LogP contribution in [0.25, 0.3) is 44.2 Å². The fraction of sp³-hybridized carbons (Fsp3) is 0.0345. The quantitative estimate of drug-likeness (QED) is 0.160. The van der Waals surface area contributed by atoms with Crippen LogP contribution in [0.1, 0.15) is 11.1 Å². The van der Waals surface area contributed by atoms with Crippen molar-refractivity contribution in [1.29, 1.82) is 0 Å². The highest BCUT2D eigenvalue weighted by Crippen LogP contribution is 2.58. The first kappa shape index (κ1) is 35.5. The molecule has 5 nitrogen and oxygen atoms in total. The Morgan fingerprint density at radius 2 is 0.873 bits per heavy atom. The van der Waals surface area contributed by atoms with Crippen LogP contribution in [-0.4, -0.2) is 0 Å². The summed E-state index contributed by atoms with van der Waals surface area (Å²) in [6.07, 6.45) is 8.81. The number of fused-ring (bicyclic) bond motifs is 7. The minimum absolute atomic E-state index is 0.00145. The zero-order valence-corrected chi connectivity index (χ0v) is 34.1. The van der Waals surface area contributed by atoms with Crippen molar-refractivity contribution in [2.24, 2.45) is 11.8 Å². The van der Waals surface area contributed by atoms with Crippen LogP contribution in [0.2, 0.25) is 0 Å². The van der Waals surface area contributed by atoms with Crippen molar-refractivity contribution in [3.05, 3.63) is 241 Å². The van der Waals surface area contributed by atoms with E-state index in [0.29, 0.717) is 0 Å². The lowest BCUT2D eigenvalue weighted by atomic mass is 9.68. The third kappa shape index (κ3) is 5.70. The summed E-state index contributed by atoms with van der Waals surface area (Å²) in [5, 5.41) is 2.17. The molecule has 2 aliphatic carbocycles. The van der Waals surface area contributed by atoms with Crippen LogP contribution >= 0.6 is 0 Å². The number of hydrogen-bond acceptors (Lipinski definition) is 5.